The van der Waals surface area contributed by atoms with Crippen molar-refractivity contribution in [3.05, 3.63) is 58.5 Å². The molecule has 0 aliphatic carbocycles. The van der Waals surface area contributed by atoms with E-state index in [0.717, 1.165) is 39.9 Å². The predicted molar refractivity (Wildman–Crippen MR) is 119 cm³/mol. The Morgan fingerprint density at radius 2 is 2.04 bits per heavy atom. The number of nitrogens with zero attached hydrogens (tertiary/aromatic N) is 3. The van der Waals surface area contributed by atoms with E-state index in [0.29, 0.717) is 5.69 Å². The number of nitrogens with one attached hydrogen (secondary N) is 1. The lowest BCUT2D eigenvalue weighted by Gasteiger charge is -2.22. The molecule has 4 rings (SSSR count). The molecule has 3 heterocycles. The van der Waals surface area contributed by atoms with Gasteiger partial charge in [-0.25, -0.2) is 4.98 Å². The second-order valence-corrected chi connectivity index (χ2v) is 8.29. The van der Waals surface area contributed by atoms with Gasteiger partial charge in [-0.15, -0.1) is 22.7 Å². The van der Waals surface area contributed by atoms with Gasteiger partial charge >= 0.3 is 0 Å². The first-order valence-electron chi connectivity index (χ1n) is 9.28. The van der Waals surface area contributed by atoms with Crippen molar-refractivity contribution in [1.29, 1.82) is 0 Å². The van der Waals surface area contributed by atoms with Gasteiger partial charge in [-0.1, -0.05) is 6.07 Å². The standard InChI is InChI=1S/C21H22N4OS2/c1-4-24(5-2)15-8-9-16(14(3)11-15)22-20(26)18-13-28-21-23-17(12-25(18)21)19-7-6-10-27-19/h6-13H,4-5H2,1-3H3,(H,22,26). The number of imidazole rings is 1. The summed E-state index contributed by atoms with van der Waals surface area (Å²) in [6.07, 6.45) is 1.93. The van der Waals surface area contributed by atoms with Crippen LogP contribution >= 0.6 is 22.7 Å². The Balaban J connectivity index is 1.58. The zero-order chi connectivity index (χ0) is 19.7. The smallest absolute Gasteiger partial charge is 0.273 e. The molecular weight excluding hydrogens is 388 g/mol. The number of anilines is 2. The van der Waals surface area contributed by atoms with E-state index in [1.54, 1.807) is 11.3 Å². The summed E-state index contributed by atoms with van der Waals surface area (Å²) in [6, 6.07) is 10.2. The molecule has 0 aliphatic rings. The number of benzene rings is 1. The van der Waals surface area contributed by atoms with Gasteiger partial charge in [-0.2, -0.15) is 0 Å². The van der Waals surface area contributed by atoms with Gasteiger partial charge < -0.3 is 10.2 Å². The number of amides is 1. The zero-order valence-electron chi connectivity index (χ0n) is 16.1. The number of aryl methyl sites for hydroxylation is 1. The normalized spacial score (nSPS) is 11.1. The van der Waals surface area contributed by atoms with Crippen LogP contribution in [0.25, 0.3) is 15.5 Å². The lowest BCUT2D eigenvalue weighted by atomic mass is 10.1. The second kappa shape index (κ2) is 7.77. The summed E-state index contributed by atoms with van der Waals surface area (Å²) in [5.74, 6) is -0.125. The number of rotatable bonds is 6. The van der Waals surface area contributed by atoms with Crippen LogP contribution in [0.3, 0.4) is 0 Å². The van der Waals surface area contributed by atoms with Gasteiger partial charge in [-0.05, 0) is 56.0 Å². The number of thiazole rings is 1. The third kappa shape index (κ3) is 3.43. The molecule has 0 spiro atoms. The minimum absolute atomic E-state index is 0.125. The summed E-state index contributed by atoms with van der Waals surface area (Å²) < 4.78 is 1.87. The third-order valence-electron chi connectivity index (χ3n) is 4.80. The summed E-state index contributed by atoms with van der Waals surface area (Å²) in [5, 5.41) is 6.94. The van der Waals surface area contributed by atoms with E-state index in [1.165, 1.54) is 17.0 Å². The van der Waals surface area contributed by atoms with Crippen molar-refractivity contribution in [2.24, 2.45) is 0 Å². The summed E-state index contributed by atoms with van der Waals surface area (Å²) in [5.41, 5.74) is 4.56. The molecule has 1 N–H and O–H groups in total. The lowest BCUT2D eigenvalue weighted by Crippen LogP contribution is -2.22. The van der Waals surface area contributed by atoms with Crippen molar-refractivity contribution >= 4 is 44.9 Å². The second-order valence-electron chi connectivity index (χ2n) is 6.50. The molecule has 7 heteroatoms. The van der Waals surface area contributed by atoms with Crippen LogP contribution in [0.15, 0.2) is 47.3 Å². The predicted octanol–water partition coefficient (Wildman–Crippen LogP) is 5.53. The fourth-order valence-electron chi connectivity index (χ4n) is 3.25. The molecule has 0 atom stereocenters. The first kappa shape index (κ1) is 18.7. The number of fused-ring (bicyclic) bond motifs is 1. The summed E-state index contributed by atoms with van der Waals surface area (Å²) in [7, 11) is 0. The topological polar surface area (TPSA) is 49.6 Å². The molecule has 28 heavy (non-hydrogen) atoms. The number of carbonyl (C=O) groups is 1. The van der Waals surface area contributed by atoms with E-state index in [9.17, 15) is 4.79 Å². The van der Waals surface area contributed by atoms with Crippen LogP contribution in [0.5, 0.6) is 0 Å². The van der Waals surface area contributed by atoms with E-state index in [2.05, 4.69) is 41.2 Å². The lowest BCUT2D eigenvalue weighted by molar-refractivity contribution is 0.102. The molecule has 3 aromatic heterocycles. The molecule has 1 amide bonds. The van der Waals surface area contributed by atoms with Gasteiger partial charge in [0.15, 0.2) is 4.96 Å². The number of thiophene rings is 1. The molecule has 0 bridgehead atoms. The van der Waals surface area contributed by atoms with E-state index in [1.807, 2.05) is 46.5 Å². The van der Waals surface area contributed by atoms with E-state index >= 15 is 0 Å². The van der Waals surface area contributed by atoms with Crippen molar-refractivity contribution in [3.63, 3.8) is 0 Å². The first-order chi connectivity index (χ1) is 13.6. The molecule has 1 aromatic carbocycles. The number of hydrogen-bond acceptors (Lipinski definition) is 5. The van der Waals surface area contributed by atoms with Gasteiger partial charge in [0.05, 0.1) is 4.88 Å². The van der Waals surface area contributed by atoms with Crippen LogP contribution in [-0.2, 0) is 0 Å². The highest BCUT2D eigenvalue weighted by Crippen LogP contribution is 2.28. The van der Waals surface area contributed by atoms with Crippen LogP contribution in [0.2, 0.25) is 0 Å². The molecule has 0 fully saturated rings. The van der Waals surface area contributed by atoms with Gasteiger partial charge in [0.1, 0.15) is 11.4 Å². The Hall–Kier alpha value is -2.64. The molecule has 4 aromatic rings. The Morgan fingerprint density at radius 1 is 1.21 bits per heavy atom. The molecule has 0 saturated heterocycles. The number of carbonyl (C=O) groups excluding carboxylic acids is 1. The fraction of sp³-hybridized carbons (Fsp3) is 0.238. The number of hydrogen-bond donors (Lipinski definition) is 1. The quantitative estimate of drug-likeness (QED) is 0.455. The van der Waals surface area contributed by atoms with E-state index in [-0.39, 0.29) is 5.91 Å². The summed E-state index contributed by atoms with van der Waals surface area (Å²) in [6.45, 7) is 8.24. The van der Waals surface area contributed by atoms with Crippen molar-refractivity contribution in [3.8, 4) is 10.6 Å². The summed E-state index contributed by atoms with van der Waals surface area (Å²) >= 11 is 3.12. The van der Waals surface area contributed by atoms with Crippen molar-refractivity contribution in [2.45, 2.75) is 20.8 Å². The highest BCUT2D eigenvalue weighted by molar-refractivity contribution is 7.15. The van der Waals surface area contributed by atoms with Crippen LogP contribution < -0.4 is 10.2 Å². The zero-order valence-corrected chi connectivity index (χ0v) is 17.7. The van der Waals surface area contributed by atoms with Gasteiger partial charge in [0, 0.05) is 36.0 Å². The maximum absolute atomic E-state index is 12.9. The number of aromatic nitrogens is 2. The fourth-order valence-corrected chi connectivity index (χ4v) is 4.78. The largest absolute Gasteiger partial charge is 0.372 e. The van der Waals surface area contributed by atoms with Crippen molar-refractivity contribution < 1.29 is 4.79 Å². The molecule has 0 unspecified atom stereocenters. The Morgan fingerprint density at radius 3 is 2.71 bits per heavy atom. The highest BCUT2D eigenvalue weighted by Gasteiger charge is 2.16. The molecular formula is C21H22N4OS2. The van der Waals surface area contributed by atoms with Crippen molar-refractivity contribution in [1.82, 2.24) is 9.38 Å². The van der Waals surface area contributed by atoms with E-state index in [4.69, 9.17) is 0 Å². The maximum Gasteiger partial charge on any atom is 0.273 e. The minimum Gasteiger partial charge on any atom is -0.372 e. The van der Waals surface area contributed by atoms with Gasteiger partial charge in [0.2, 0.25) is 0 Å². The Labute approximate surface area is 172 Å². The first-order valence-corrected chi connectivity index (χ1v) is 11.0. The van der Waals surface area contributed by atoms with Crippen molar-refractivity contribution in [2.75, 3.05) is 23.3 Å². The average Bonchev–Trinajstić information content (AvgIpc) is 3.41. The van der Waals surface area contributed by atoms with Crippen LogP contribution in [0.4, 0.5) is 11.4 Å². The SMILES string of the molecule is CCN(CC)c1ccc(NC(=O)c2csc3nc(-c4cccs4)cn23)c(C)c1. The van der Waals surface area contributed by atoms with Gasteiger partial charge in [0.25, 0.3) is 5.91 Å². The minimum atomic E-state index is -0.125. The Kier molecular flexibility index (Phi) is 5.19. The van der Waals surface area contributed by atoms with Gasteiger partial charge in [-0.3, -0.25) is 9.20 Å². The molecule has 5 nitrogen and oxygen atoms in total. The maximum atomic E-state index is 12.9. The molecule has 144 valence electrons. The van der Waals surface area contributed by atoms with Crippen LogP contribution in [0, 0.1) is 6.92 Å². The monoisotopic (exact) mass is 410 g/mol. The summed E-state index contributed by atoms with van der Waals surface area (Å²) in [4.78, 5) is 21.8. The third-order valence-corrected chi connectivity index (χ3v) is 6.53. The van der Waals surface area contributed by atoms with Crippen LogP contribution in [0.1, 0.15) is 29.9 Å². The molecule has 0 aliphatic heterocycles. The molecule has 0 radical (unpaired) electrons. The van der Waals surface area contributed by atoms with E-state index < -0.39 is 0 Å². The molecule has 0 saturated carbocycles. The Bertz CT molecular complexity index is 1110. The van der Waals surface area contributed by atoms with Crippen LogP contribution in [-0.4, -0.2) is 28.4 Å². The average molecular weight is 411 g/mol. The highest BCUT2D eigenvalue weighted by atomic mass is 32.1.